The van der Waals surface area contributed by atoms with Gasteiger partial charge in [0, 0.05) is 33.3 Å². The number of likely N-dealkylation sites (tertiary alicyclic amines) is 1. The molecule has 0 spiro atoms. The van der Waals surface area contributed by atoms with Gasteiger partial charge in [-0.25, -0.2) is 4.98 Å². The van der Waals surface area contributed by atoms with Crippen molar-refractivity contribution in [2.24, 2.45) is 0 Å². The fourth-order valence-corrected chi connectivity index (χ4v) is 2.12. The maximum absolute atomic E-state index is 12.8. The van der Waals surface area contributed by atoms with Crippen molar-refractivity contribution in [2.45, 2.75) is 19.0 Å². The summed E-state index contributed by atoms with van der Waals surface area (Å²) in [4.78, 5) is 22.4. The molecule has 1 aromatic rings. The van der Waals surface area contributed by atoms with Crippen LogP contribution in [0.3, 0.4) is 0 Å². The second-order valence-corrected chi connectivity index (χ2v) is 5.27. The van der Waals surface area contributed by atoms with Crippen LogP contribution >= 0.6 is 0 Å². The van der Waals surface area contributed by atoms with Gasteiger partial charge in [0.25, 0.3) is 0 Å². The smallest absolute Gasteiger partial charge is 0.363 e. The third-order valence-corrected chi connectivity index (χ3v) is 3.32. The zero-order valence-corrected chi connectivity index (χ0v) is 12.4. The highest BCUT2D eigenvalue weighted by Gasteiger charge is 2.34. The van der Waals surface area contributed by atoms with Crippen LogP contribution < -0.4 is 10.2 Å². The number of amides is 1. The van der Waals surface area contributed by atoms with Crippen LogP contribution in [0, 0.1) is 0 Å². The number of nitrogens with zero attached hydrogens (tertiary/aromatic N) is 4. The molecule has 0 bridgehead atoms. The Labute approximate surface area is 126 Å². The maximum Gasteiger partial charge on any atom is 0.433 e. The van der Waals surface area contributed by atoms with Crippen molar-refractivity contribution in [1.29, 1.82) is 0 Å². The van der Waals surface area contributed by atoms with Crippen LogP contribution in [0.4, 0.5) is 24.9 Å². The lowest BCUT2D eigenvalue weighted by atomic mass is 10.3. The normalized spacial score (nSPS) is 15.0. The highest BCUT2D eigenvalue weighted by atomic mass is 19.4. The monoisotopic (exact) mass is 317 g/mol. The van der Waals surface area contributed by atoms with Gasteiger partial charge in [-0.3, -0.25) is 4.79 Å². The first-order valence-electron chi connectivity index (χ1n) is 6.92. The second-order valence-electron chi connectivity index (χ2n) is 5.27. The van der Waals surface area contributed by atoms with Crippen LogP contribution in [0.25, 0.3) is 0 Å². The molecule has 1 aliphatic rings. The summed E-state index contributed by atoms with van der Waals surface area (Å²) in [6.07, 6.45) is -2.66. The molecule has 0 atom stereocenters. The van der Waals surface area contributed by atoms with E-state index in [1.165, 1.54) is 4.90 Å². The van der Waals surface area contributed by atoms with Crippen molar-refractivity contribution in [2.75, 3.05) is 43.9 Å². The van der Waals surface area contributed by atoms with E-state index < -0.39 is 11.9 Å². The van der Waals surface area contributed by atoms with Crippen LogP contribution in [0.2, 0.25) is 0 Å². The summed E-state index contributed by atoms with van der Waals surface area (Å²) < 4.78 is 38.5. The average Bonchev–Trinajstić information content (AvgIpc) is 2.97. The average molecular weight is 317 g/mol. The molecule has 0 radical (unpaired) electrons. The van der Waals surface area contributed by atoms with Crippen molar-refractivity contribution in [3.05, 3.63) is 11.8 Å². The summed E-state index contributed by atoms with van der Waals surface area (Å²) in [5, 5.41) is 2.59. The summed E-state index contributed by atoms with van der Waals surface area (Å²) in [7, 11) is 3.17. The molecule has 1 fully saturated rings. The number of aromatic nitrogens is 2. The van der Waals surface area contributed by atoms with Crippen LogP contribution in [0.5, 0.6) is 0 Å². The predicted molar refractivity (Wildman–Crippen MR) is 75.7 cm³/mol. The van der Waals surface area contributed by atoms with Crippen molar-refractivity contribution in [1.82, 2.24) is 14.9 Å². The molecule has 2 heterocycles. The Morgan fingerprint density at radius 3 is 2.50 bits per heavy atom. The lowest BCUT2D eigenvalue weighted by Gasteiger charge is -2.17. The Morgan fingerprint density at radius 1 is 1.32 bits per heavy atom. The Kier molecular flexibility index (Phi) is 4.72. The number of anilines is 2. The van der Waals surface area contributed by atoms with E-state index in [9.17, 15) is 18.0 Å². The van der Waals surface area contributed by atoms with Gasteiger partial charge in [0.2, 0.25) is 11.9 Å². The van der Waals surface area contributed by atoms with Gasteiger partial charge in [0.1, 0.15) is 5.82 Å². The Hall–Kier alpha value is -2.06. The molecule has 0 aliphatic carbocycles. The van der Waals surface area contributed by atoms with E-state index in [0.29, 0.717) is 13.1 Å². The van der Waals surface area contributed by atoms with Crippen molar-refractivity contribution in [3.63, 3.8) is 0 Å². The molecule has 0 aromatic carbocycles. The first kappa shape index (κ1) is 16.3. The minimum absolute atomic E-state index is 0.117. The molecular formula is C13H18F3N5O. The fourth-order valence-electron chi connectivity index (χ4n) is 2.12. The van der Waals surface area contributed by atoms with Crippen LogP contribution in [0.15, 0.2) is 6.07 Å². The van der Waals surface area contributed by atoms with E-state index in [0.717, 1.165) is 18.9 Å². The molecule has 1 aromatic heterocycles. The molecule has 0 unspecified atom stereocenters. The summed E-state index contributed by atoms with van der Waals surface area (Å²) in [6.45, 7) is 1.26. The number of hydrogen-bond donors (Lipinski definition) is 1. The Morgan fingerprint density at radius 2 is 1.95 bits per heavy atom. The fraction of sp³-hybridized carbons (Fsp3) is 0.615. The van der Waals surface area contributed by atoms with Crippen LogP contribution in [-0.4, -0.2) is 54.5 Å². The minimum Gasteiger partial charge on any atom is -0.363 e. The quantitative estimate of drug-likeness (QED) is 0.914. The van der Waals surface area contributed by atoms with Crippen molar-refractivity contribution < 1.29 is 18.0 Å². The van der Waals surface area contributed by atoms with Crippen LogP contribution in [0.1, 0.15) is 18.5 Å². The van der Waals surface area contributed by atoms with Gasteiger partial charge in [-0.15, -0.1) is 0 Å². The van der Waals surface area contributed by atoms with Gasteiger partial charge >= 0.3 is 6.18 Å². The number of nitrogens with one attached hydrogen (secondary N) is 1. The maximum atomic E-state index is 12.8. The molecular weight excluding hydrogens is 299 g/mol. The molecule has 1 saturated heterocycles. The predicted octanol–water partition coefficient (Wildman–Crippen LogP) is 1.60. The third-order valence-electron chi connectivity index (χ3n) is 3.32. The zero-order valence-electron chi connectivity index (χ0n) is 12.4. The topological polar surface area (TPSA) is 61.4 Å². The molecule has 122 valence electrons. The lowest BCUT2D eigenvalue weighted by Crippen LogP contribution is -2.33. The first-order valence-corrected chi connectivity index (χ1v) is 6.92. The standard InChI is InChI=1S/C13H18F3N5O/c1-20(2)10-7-9(13(14,15)16)18-12(19-10)17-8-11(22)21-5-3-4-6-21/h7H,3-6,8H2,1-2H3,(H,17,18,19). The van der Waals surface area contributed by atoms with E-state index in [1.807, 2.05) is 0 Å². The van der Waals surface area contributed by atoms with Gasteiger partial charge in [-0.1, -0.05) is 0 Å². The number of carbonyl (C=O) groups is 1. The highest BCUT2D eigenvalue weighted by Crippen LogP contribution is 2.30. The summed E-state index contributed by atoms with van der Waals surface area (Å²) in [5.41, 5.74) is -1.04. The summed E-state index contributed by atoms with van der Waals surface area (Å²) in [6, 6.07) is 0.869. The van der Waals surface area contributed by atoms with Gasteiger partial charge in [-0.2, -0.15) is 18.2 Å². The van der Waals surface area contributed by atoms with Crippen molar-refractivity contribution in [3.8, 4) is 0 Å². The second kappa shape index (κ2) is 6.37. The number of alkyl halides is 3. The molecule has 1 N–H and O–H groups in total. The van der Waals surface area contributed by atoms with Gasteiger partial charge < -0.3 is 15.1 Å². The lowest BCUT2D eigenvalue weighted by molar-refractivity contribution is -0.141. The molecule has 0 saturated carbocycles. The van der Waals surface area contributed by atoms with Gasteiger partial charge in [0.15, 0.2) is 5.69 Å². The van der Waals surface area contributed by atoms with E-state index in [1.54, 1.807) is 19.0 Å². The van der Waals surface area contributed by atoms with Gasteiger partial charge in [0.05, 0.1) is 6.54 Å². The van der Waals surface area contributed by atoms with Crippen LogP contribution in [-0.2, 0) is 11.0 Å². The van der Waals surface area contributed by atoms with E-state index in [-0.39, 0.29) is 24.2 Å². The SMILES string of the molecule is CN(C)c1cc(C(F)(F)F)nc(NCC(=O)N2CCCC2)n1. The third kappa shape index (κ3) is 3.99. The van der Waals surface area contributed by atoms with E-state index in [2.05, 4.69) is 15.3 Å². The van der Waals surface area contributed by atoms with Gasteiger partial charge in [-0.05, 0) is 12.8 Å². The molecule has 1 amide bonds. The minimum atomic E-state index is -4.57. The molecule has 9 heteroatoms. The zero-order chi connectivity index (χ0) is 16.3. The summed E-state index contributed by atoms with van der Waals surface area (Å²) >= 11 is 0. The van der Waals surface area contributed by atoms with E-state index >= 15 is 0 Å². The molecule has 2 rings (SSSR count). The number of halogens is 3. The molecule has 6 nitrogen and oxygen atoms in total. The largest absolute Gasteiger partial charge is 0.433 e. The highest BCUT2D eigenvalue weighted by molar-refractivity contribution is 5.80. The number of carbonyl (C=O) groups excluding carboxylic acids is 1. The van der Waals surface area contributed by atoms with E-state index in [4.69, 9.17) is 0 Å². The number of hydrogen-bond acceptors (Lipinski definition) is 5. The van der Waals surface area contributed by atoms with Crippen molar-refractivity contribution >= 4 is 17.7 Å². The Balaban J connectivity index is 2.12. The molecule has 1 aliphatic heterocycles. The Bertz CT molecular complexity index is 541. The summed E-state index contributed by atoms with van der Waals surface area (Å²) in [5.74, 6) is -0.241. The first-order chi connectivity index (χ1) is 10.3. The number of rotatable bonds is 4. The molecule has 22 heavy (non-hydrogen) atoms.